The van der Waals surface area contributed by atoms with E-state index in [-0.39, 0.29) is 24.3 Å². The highest BCUT2D eigenvalue weighted by molar-refractivity contribution is 7.11. The van der Waals surface area contributed by atoms with E-state index in [0.29, 0.717) is 19.6 Å². The summed E-state index contributed by atoms with van der Waals surface area (Å²) in [7, 11) is 0. The second-order valence-corrected chi connectivity index (χ2v) is 9.50. The molecule has 4 nitrogen and oxygen atoms in total. The van der Waals surface area contributed by atoms with Crippen LogP contribution in [0.15, 0.2) is 42.5 Å². The van der Waals surface area contributed by atoms with Crippen molar-refractivity contribution in [2.45, 2.75) is 46.2 Å². The summed E-state index contributed by atoms with van der Waals surface area (Å²) in [6.45, 7) is 9.37. The van der Waals surface area contributed by atoms with Gasteiger partial charge >= 0.3 is 0 Å². The molecule has 1 aromatic heterocycles. The first kappa shape index (κ1) is 22.4. The molecule has 6 heteroatoms. The largest absolute Gasteiger partial charge is 0.332 e. The number of thiophene rings is 1. The lowest BCUT2D eigenvalue weighted by atomic mass is 10.2. The molecule has 0 radical (unpaired) electrons. The lowest BCUT2D eigenvalue weighted by molar-refractivity contribution is -0.141. The molecular formula is C22H29ClN2O2S. The van der Waals surface area contributed by atoms with E-state index in [4.69, 9.17) is 11.6 Å². The Morgan fingerprint density at radius 2 is 1.68 bits per heavy atom. The molecule has 0 saturated heterocycles. The monoisotopic (exact) mass is 420 g/mol. The Morgan fingerprint density at radius 1 is 1.00 bits per heavy atom. The standard InChI is InChI=1S/C22H29ClN2O2S/c1-16(2)12-25(22(27)18(4)23)15-21(26)24(13-19-8-6-5-7-9-19)14-20-11-10-17(3)28-20/h5-11,16,18H,12-15H2,1-4H3. The Balaban J connectivity index is 2.19. The van der Waals surface area contributed by atoms with Gasteiger partial charge < -0.3 is 9.80 Å². The third-order valence-corrected chi connectivity index (χ3v) is 5.45. The van der Waals surface area contributed by atoms with Crippen LogP contribution in [-0.4, -0.2) is 40.1 Å². The van der Waals surface area contributed by atoms with E-state index < -0.39 is 5.38 Å². The van der Waals surface area contributed by atoms with Gasteiger partial charge in [0.25, 0.3) is 0 Å². The lowest BCUT2D eigenvalue weighted by Gasteiger charge is -2.29. The second-order valence-electron chi connectivity index (χ2n) is 7.48. The van der Waals surface area contributed by atoms with Crippen molar-refractivity contribution in [3.63, 3.8) is 0 Å². The maximum absolute atomic E-state index is 13.2. The van der Waals surface area contributed by atoms with Crippen LogP contribution in [0, 0.1) is 12.8 Å². The van der Waals surface area contributed by atoms with Crippen LogP contribution in [0.1, 0.15) is 36.1 Å². The third kappa shape index (κ3) is 6.95. The smallest absolute Gasteiger partial charge is 0.242 e. The Labute approximate surface area is 177 Å². The number of alkyl halides is 1. The van der Waals surface area contributed by atoms with Gasteiger partial charge in [-0.2, -0.15) is 0 Å². The van der Waals surface area contributed by atoms with Crippen molar-refractivity contribution >= 4 is 34.8 Å². The van der Waals surface area contributed by atoms with Crippen molar-refractivity contribution in [1.29, 1.82) is 0 Å². The SMILES string of the molecule is Cc1ccc(CN(Cc2ccccc2)C(=O)CN(CC(C)C)C(=O)C(C)Cl)s1. The van der Waals surface area contributed by atoms with E-state index in [1.54, 1.807) is 23.2 Å². The van der Waals surface area contributed by atoms with Crippen molar-refractivity contribution in [3.8, 4) is 0 Å². The minimum absolute atomic E-state index is 0.0469. The van der Waals surface area contributed by atoms with E-state index in [1.807, 2.05) is 49.1 Å². The highest BCUT2D eigenvalue weighted by Gasteiger charge is 2.25. The first-order valence-electron chi connectivity index (χ1n) is 9.56. The maximum Gasteiger partial charge on any atom is 0.242 e. The predicted molar refractivity (Wildman–Crippen MR) is 116 cm³/mol. The molecule has 1 atom stereocenters. The summed E-state index contributed by atoms with van der Waals surface area (Å²) in [5, 5.41) is -0.644. The van der Waals surface area contributed by atoms with Crippen LogP contribution >= 0.6 is 22.9 Å². The molecule has 0 spiro atoms. The van der Waals surface area contributed by atoms with Gasteiger partial charge in [-0.1, -0.05) is 44.2 Å². The first-order chi connectivity index (χ1) is 13.3. The number of nitrogens with zero attached hydrogens (tertiary/aromatic N) is 2. The third-order valence-electron chi connectivity index (χ3n) is 4.28. The van der Waals surface area contributed by atoms with Gasteiger partial charge in [0.15, 0.2) is 0 Å². The molecule has 0 saturated carbocycles. The Bertz CT molecular complexity index is 774. The van der Waals surface area contributed by atoms with Crippen molar-refractivity contribution in [3.05, 3.63) is 57.8 Å². The zero-order valence-corrected chi connectivity index (χ0v) is 18.6. The van der Waals surface area contributed by atoms with Crippen LogP contribution in [0.25, 0.3) is 0 Å². The van der Waals surface area contributed by atoms with E-state index in [2.05, 4.69) is 19.1 Å². The Morgan fingerprint density at radius 3 is 2.21 bits per heavy atom. The number of aryl methyl sites for hydroxylation is 1. The average Bonchev–Trinajstić information content (AvgIpc) is 3.05. The van der Waals surface area contributed by atoms with Crippen LogP contribution in [0.5, 0.6) is 0 Å². The summed E-state index contributed by atoms with van der Waals surface area (Å²) in [6.07, 6.45) is 0. The summed E-state index contributed by atoms with van der Waals surface area (Å²) in [4.78, 5) is 31.4. The molecule has 1 heterocycles. The fourth-order valence-electron chi connectivity index (χ4n) is 2.98. The molecule has 0 aliphatic heterocycles. The second kappa shape index (κ2) is 10.6. The van der Waals surface area contributed by atoms with Gasteiger partial charge in [0.1, 0.15) is 5.38 Å². The summed E-state index contributed by atoms with van der Waals surface area (Å²) in [5.74, 6) is -0.00810. The molecule has 152 valence electrons. The minimum atomic E-state index is -0.644. The van der Waals surface area contributed by atoms with Crippen LogP contribution < -0.4 is 0 Å². The Hall–Kier alpha value is -1.85. The van der Waals surface area contributed by atoms with Gasteiger partial charge in [-0.3, -0.25) is 9.59 Å². The van der Waals surface area contributed by atoms with Gasteiger partial charge in [0, 0.05) is 22.8 Å². The van der Waals surface area contributed by atoms with Crippen molar-refractivity contribution in [2.75, 3.05) is 13.1 Å². The lowest BCUT2D eigenvalue weighted by Crippen LogP contribution is -2.45. The van der Waals surface area contributed by atoms with E-state index in [1.165, 1.54) is 4.88 Å². The molecule has 2 rings (SSSR count). The van der Waals surface area contributed by atoms with Gasteiger partial charge in [-0.15, -0.1) is 22.9 Å². The van der Waals surface area contributed by atoms with Crippen molar-refractivity contribution in [2.24, 2.45) is 5.92 Å². The molecule has 0 aliphatic rings. The molecule has 2 aromatic rings. The van der Waals surface area contributed by atoms with Gasteiger partial charge in [0.2, 0.25) is 11.8 Å². The number of rotatable bonds is 9. The highest BCUT2D eigenvalue weighted by Crippen LogP contribution is 2.19. The number of hydrogen-bond donors (Lipinski definition) is 0. The molecule has 0 aliphatic carbocycles. The van der Waals surface area contributed by atoms with E-state index >= 15 is 0 Å². The Kier molecular flexibility index (Phi) is 8.52. The average molecular weight is 421 g/mol. The molecule has 0 fully saturated rings. The van der Waals surface area contributed by atoms with Crippen LogP contribution in [0.2, 0.25) is 0 Å². The molecule has 1 aromatic carbocycles. The number of hydrogen-bond acceptors (Lipinski definition) is 3. The molecule has 28 heavy (non-hydrogen) atoms. The molecule has 1 unspecified atom stereocenters. The van der Waals surface area contributed by atoms with Crippen molar-refractivity contribution < 1.29 is 9.59 Å². The molecule has 0 N–H and O–H groups in total. The fourth-order valence-corrected chi connectivity index (χ4v) is 4.03. The summed E-state index contributed by atoms with van der Waals surface area (Å²) < 4.78 is 0. The zero-order valence-electron chi connectivity index (χ0n) is 17.0. The van der Waals surface area contributed by atoms with Crippen molar-refractivity contribution in [1.82, 2.24) is 9.80 Å². The quantitative estimate of drug-likeness (QED) is 0.552. The summed E-state index contributed by atoms with van der Waals surface area (Å²) >= 11 is 7.71. The van der Waals surface area contributed by atoms with Crippen LogP contribution in [-0.2, 0) is 22.7 Å². The molecule has 0 bridgehead atoms. The topological polar surface area (TPSA) is 40.6 Å². The normalized spacial score (nSPS) is 12.1. The molecule has 2 amide bonds. The van der Waals surface area contributed by atoms with Gasteiger partial charge in [-0.25, -0.2) is 0 Å². The predicted octanol–water partition coefficient (Wildman–Crippen LogP) is 4.70. The number of carbonyl (C=O) groups excluding carboxylic acids is 2. The van der Waals surface area contributed by atoms with Crippen LogP contribution in [0.4, 0.5) is 0 Å². The number of amides is 2. The summed E-state index contributed by atoms with van der Waals surface area (Å²) in [6, 6.07) is 14.0. The maximum atomic E-state index is 13.2. The molecular weight excluding hydrogens is 392 g/mol. The summed E-state index contributed by atoms with van der Waals surface area (Å²) in [5.41, 5.74) is 1.07. The highest BCUT2D eigenvalue weighted by atomic mass is 35.5. The zero-order chi connectivity index (χ0) is 20.7. The van der Waals surface area contributed by atoms with E-state index in [9.17, 15) is 9.59 Å². The van der Waals surface area contributed by atoms with Gasteiger partial charge in [-0.05, 0) is 37.5 Å². The fraction of sp³-hybridized carbons (Fsp3) is 0.455. The number of carbonyl (C=O) groups is 2. The van der Waals surface area contributed by atoms with Gasteiger partial charge in [0.05, 0.1) is 13.1 Å². The van der Waals surface area contributed by atoms with E-state index in [0.717, 1.165) is 10.4 Å². The number of halogens is 1. The number of benzene rings is 1. The van der Waals surface area contributed by atoms with Crippen LogP contribution in [0.3, 0.4) is 0 Å². The minimum Gasteiger partial charge on any atom is -0.332 e. The first-order valence-corrected chi connectivity index (χ1v) is 10.8.